The fourth-order valence-corrected chi connectivity index (χ4v) is 5.81. The summed E-state index contributed by atoms with van der Waals surface area (Å²) < 4.78 is 32.9. The molecule has 0 bridgehead atoms. The molecule has 2 aromatic carbocycles. The largest absolute Gasteiger partial charge is 0.379 e. The van der Waals surface area contributed by atoms with Gasteiger partial charge in [-0.25, -0.2) is 8.42 Å². The molecule has 4 rings (SSSR count). The van der Waals surface area contributed by atoms with E-state index in [1.165, 1.54) is 10.4 Å². The van der Waals surface area contributed by atoms with E-state index in [4.69, 9.17) is 27.9 Å². The summed E-state index contributed by atoms with van der Waals surface area (Å²) in [4.78, 5) is 15.4. The number of sulfonamides is 1. The third-order valence-electron chi connectivity index (χ3n) is 5.39. The van der Waals surface area contributed by atoms with Crippen LogP contribution in [0, 0.1) is 0 Å². The number of anilines is 2. The van der Waals surface area contributed by atoms with E-state index in [0.717, 1.165) is 25.9 Å². The number of benzene rings is 2. The van der Waals surface area contributed by atoms with Gasteiger partial charge in [-0.1, -0.05) is 23.2 Å². The summed E-state index contributed by atoms with van der Waals surface area (Å²) in [5.41, 5.74) is 1.45. The average molecular weight is 484 g/mol. The maximum atomic E-state index is 13.2. The van der Waals surface area contributed by atoms with Crippen LogP contribution in [0.2, 0.25) is 10.0 Å². The molecule has 0 spiro atoms. The minimum absolute atomic E-state index is 0.0895. The van der Waals surface area contributed by atoms with Crippen molar-refractivity contribution in [2.24, 2.45) is 0 Å². The predicted molar refractivity (Wildman–Crippen MR) is 122 cm³/mol. The van der Waals surface area contributed by atoms with E-state index in [-0.39, 0.29) is 4.90 Å². The Morgan fingerprint density at radius 1 is 0.935 bits per heavy atom. The van der Waals surface area contributed by atoms with E-state index in [1.54, 1.807) is 30.3 Å². The third kappa shape index (κ3) is 4.99. The molecule has 0 aliphatic carbocycles. The molecule has 7 nitrogen and oxygen atoms in total. The number of rotatable bonds is 5. The molecular formula is C21H23Cl2N3O4S. The summed E-state index contributed by atoms with van der Waals surface area (Å²) in [6, 6.07) is 9.51. The van der Waals surface area contributed by atoms with Crippen LogP contribution in [0.3, 0.4) is 0 Å². The van der Waals surface area contributed by atoms with Crippen molar-refractivity contribution >= 4 is 50.5 Å². The van der Waals surface area contributed by atoms with Gasteiger partial charge in [0.1, 0.15) is 0 Å². The molecule has 2 saturated heterocycles. The molecular weight excluding hydrogens is 461 g/mol. The van der Waals surface area contributed by atoms with E-state index in [9.17, 15) is 13.2 Å². The van der Waals surface area contributed by atoms with E-state index in [0.29, 0.717) is 53.3 Å². The van der Waals surface area contributed by atoms with Gasteiger partial charge >= 0.3 is 0 Å². The number of amides is 1. The number of nitrogens with one attached hydrogen (secondary N) is 1. The number of nitrogens with zero attached hydrogens (tertiary/aromatic N) is 2. The van der Waals surface area contributed by atoms with Crippen LogP contribution >= 0.6 is 23.2 Å². The Morgan fingerprint density at radius 2 is 1.58 bits per heavy atom. The minimum Gasteiger partial charge on any atom is -0.379 e. The Balaban J connectivity index is 1.70. The number of carbonyl (C=O) groups is 1. The molecule has 0 aromatic heterocycles. The third-order valence-corrected chi connectivity index (χ3v) is 7.72. The average Bonchev–Trinajstić information content (AvgIpc) is 3.28. The highest BCUT2D eigenvalue weighted by Gasteiger charge is 2.29. The van der Waals surface area contributed by atoms with Gasteiger partial charge in [-0.05, 0) is 49.2 Å². The normalized spacial score (nSPS) is 17.7. The molecule has 0 atom stereocenters. The monoisotopic (exact) mass is 483 g/mol. The second-order valence-electron chi connectivity index (χ2n) is 7.50. The van der Waals surface area contributed by atoms with Crippen LogP contribution in [0.1, 0.15) is 23.2 Å². The van der Waals surface area contributed by atoms with E-state index in [1.807, 2.05) is 0 Å². The maximum absolute atomic E-state index is 13.2. The summed E-state index contributed by atoms with van der Waals surface area (Å²) in [6.45, 7) is 2.93. The fraction of sp³-hybridized carbons (Fsp3) is 0.381. The molecule has 2 heterocycles. The van der Waals surface area contributed by atoms with Crippen LogP contribution in [-0.2, 0) is 14.8 Å². The van der Waals surface area contributed by atoms with Crippen LogP contribution in [0.25, 0.3) is 0 Å². The van der Waals surface area contributed by atoms with Gasteiger partial charge < -0.3 is 15.0 Å². The van der Waals surface area contributed by atoms with Gasteiger partial charge in [0.05, 0.1) is 23.7 Å². The molecule has 2 fully saturated rings. The summed E-state index contributed by atoms with van der Waals surface area (Å²) in [6.07, 6.45) is 2.05. The van der Waals surface area contributed by atoms with Crippen molar-refractivity contribution < 1.29 is 17.9 Å². The van der Waals surface area contributed by atoms with Crippen molar-refractivity contribution in [1.29, 1.82) is 0 Å². The number of halogens is 2. The molecule has 0 radical (unpaired) electrons. The van der Waals surface area contributed by atoms with Crippen molar-refractivity contribution in [1.82, 2.24) is 4.31 Å². The van der Waals surface area contributed by atoms with E-state index in [2.05, 4.69) is 10.2 Å². The number of morpholine rings is 1. The van der Waals surface area contributed by atoms with Gasteiger partial charge in [0, 0.05) is 47.6 Å². The molecule has 2 aliphatic rings. The summed E-state index contributed by atoms with van der Waals surface area (Å²) in [5.74, 6) is -0.417. The van der Waals surface area contributed by atoms with E-state index >= 15 is 0 Å². The summed E-state index contributed by atoms with van der Waals surface area (Å²) in [5, 5.41) is 3.59. The predicted octanol–water partition coefficient (Wildman–Crippen LogP) is 3.87. The first-order valence-electron chi connectivity index (χ1n) is 10.1. The lowest BCUT2D eigenvalue weighted by molar-refractivity contribution is 0.0730. The van der Waals surface area contributed by atoms with Crippen LogP contribution < -0.4 is 10.2 Å². The number of hydrogen-bond donors (Lipinski definition) is 1. The highest BCUT2D eigenvalue weighted by molar-refractivity contribution is 7.89. The Morgan fingerprint density at radius 3 is 2.23 bits per heavy atom. The lowest BCUT2D eigenvalue weighted by Gasteiger charge is -2.27. The molecule has 2 aromatic rings. The van der Waals surface area contributed by atoms with Gasteiger partial charge in [0.15, 0.2) is 0 Å². The van der Waals surface area contributed by atoms with Crippen molar-refractivity contribution in [2.45, 2.75) is 17.7 Å². The van der Waals surface area contributed by atoms with Crippen LogP contribution in [0.5, 0.6) is 0 Å². The summed E-state index contributed by atoms with van der Waals surface area (Å²) >= 11 is 12.1. The SMILES string of the molecule is O=C(Nc1cc(Cl)cc(Cl)c1)c1cc(S(=O)(=O)N2CCOCC2)ccc1N1CCCC1. The van der Waals surface area contributed by atoms with Crippen LogP contribution in [-0.4, -0.2) is 58.0 Å². The second-order valence-corrected chi connectivity index (χ2v) is 10.3. The van der Waals surface area contributed by atoms with Gasteiger partial charge in [-0.15, -0.1) is 0 Å². The first kappa shape index (κ1) is 22.4. The smallest absolute Gasteiger partial charge is 0.257 e. The van der Waals surface area contributed by atoms with Crippen molar-refractivity contribution in [3.63, 3.8) is 0 Å². The molecule has 0 saturated carbocycles. The lowest BCUT2D eigenvalue weighted by atomic mass is 10.1. The number of carbonyl (C=O) groups excluding carboxylic acids is 1. The molecule has 2 aliphatic heterocycles. The van der Waals surface area contributed by atoms with Gasteiger partial charge in [-0.2, -0.15) is 4.31 Å². The Bertz CT molecular complexity index is 1060. The first-order valence-corrected chi connectivity index (χ1v) is 12.3. The summed E-state index contributed by atoms with van der Waals surface area (Å²) in [7, 11) is -3.73. The van der Waals surface area contributed by atoms with Gasteiger partial charge in [0.25, 0.3) is 5.91 Å². The standard InChI is InChI=1S/C21H23Cl2N3O4S/c22-15-11-16(23)13-17(12-15)24-21(27)19-14-18(3-4-20(19)25-5-1-2-6-25)31(28,29)26-7-9-30-10-8-26/h3-4,11-14H,1-2,5-10H2,(H,24,27). The maximum Gasteiger partial charge on any atom is 0.257 e. The van der Waals surface area contributed by atoms with Crippen molar-refractivity contribution in [2.75, 3.05) is 49.6 Å². The Kier molecular flexibility index (Phi) is 6.74. The molecule has 166 valence electrons. The second kappa shape index (κ2) is 9.34. The molecule has 10 heteroatoms. The highest BCUT2D eigenvalue weighted by Crippen LogP contribution is 2.30. The molecule has 0 unspecified atom stereocenters. The lowest BCUT2D eigenvalue weighted by Crippen LogP contribution is -2.40. The first-order chi connectivity index (χ1) is 14.8. The van der Waals surface area contributed by atoms with E-state index < -0.39 is 15.9 Å². The Labute approximate surface area is 191 Å². The topological polar surface area (TPSA) is 79.0 Å². The molecule has 31 heavy (non-hydrogen) atoms. The number of ether oxygens (including phenoxy) is 1. The van der Waals surface area contributed by atoms with Crippen LogP contribution in [0.15, 0.2) is 41.3 Å². The minimum atomic E-state index is -3.73. The van der Waals surface area contributed by atoms with Gasteiger partial charge in [-0.3, -0.25) is 4.79 Å². The number of hydrogen-bond acceptors (Lipinski definition) is 5. The quantitative estimate of drug-likeness (QED) is 0.698. The van der Waals surface area contributed by atoms with Crippen molar-refractivity contribution in [3.05, 3.63) is 52.0 Å². The molecule has 1 N–H and O–H groups in total. The zero-order valence-corrected chi connectivity index (χ0v) is 19.1. The Hall–Kier alpha value is -1.84. The fourth-order valence-electron chi connectivity index (χ4n) is 3.85. The highest BCUT2D eigenvalue weighted by atomic mass is 35.5. The van der Waals surface area contributed by atoms with Gasteiger partial charge in [0.2, 0.25) is 10.0 Å². The zero-order valence-electron chi connectivity index (χ0n) is 16.8. The van der Waals surface area contributed by atoms with Crippen LogP contribution in [0.4, 0.5) is 11.4 Å². The molecule has 1 amide bonds. The van der Waals surface area contributed by atoms with Crippen molar-refractivity contribution in [3.8, 4) is 0 Å². The zero-order chi connectivity index (χ0) is 22.0.